The van der Waals surface area contributed by atoms with Crippen molar-refractivity contribution in [3.63, 3.8) is 0 Å². The average Bonchev–Trinajstić information content (AvgIpc) is 3.13. The molecule has 0 unspecified atom stereocenters. The SMILES string of the molecule is C=C(/N=C(\C)C(=O)NN)C(=O)N1CCC[C@@H]1c1nc(C)cs1. The lowest BCUT2D eigenvalue weighted by Crippen LogP contribution is -2.36. The van der Waals surface area contributed by atoms with Crippen LogP contribution < -0.4 is 11.3 Å². The average molecular weight is 321 g/mol. The van der Waals surface area contributed by atoms with E-state index < -0.39 is 5.91 Å². The van der Waals surface area contributed by atoms with Gasteiger partial charge in [-0.25, -0.2) is 15.8 Å². The topological polar surface area (TPSA) is 101 Å². The number of hydrogen-bond acceptors (Lipinski definition) is 6. The molecule has 1 atom stereocenters. The maximum atomic E-state index is 12.5. The Hall–Kier alpha value is -2.06. The second-order valence-corrected chi connectivity index (χ2v) is 5.99. The molecule has 8 heteroatoms. The lowest BCUT2D eigenvalue weighted by molar-refractivity contribution is -0.128. The minimum atomic E-state index is -0.539. The molecular formula is C14H19N5O2S. The fourth-order valence-corrected chi connectivity index (χ4v) is 3.31. The first-order chi connectivity index (χ1) is 10.4. The number of nitrogens with one attached hydrogen (secondary N) is 1. The smallest absolute Gasteiger partial charge is 0.279 e. The normalized spacial score (nSPS) is 18.4. The molecule has 2 amide bonds. The van der Waals surface area contributed by atoms with E-state index in [2.05, 4.69) is 16.6 Å². The van der Waals surface area contributed by atoms with Crippen molar-refractivity contribution >= 4 is 28.9 Å². The predicted octanol–water partition coefficient (Wildman–Crippen LogP) is 1.08. The van der Waals surface area contributed by atoms with E-state index in [0.29, 0.717) is 6.54 Å². The second-order valence-electron chi connectivity index (χ2n) is 5.10. The van der Waals surface area contributed by atoms with Crippen LogP contribution in [0.25, 0.3) is 0 Å². The van der Waals surface area contributed by atoms with E-state index in [1.165, 1.54) is 6.92 Å². The highest BCUT2D eigenvalue weighted by Gasteiger charge is 2.33. The van der Waals surface area contributed by atoms with Crippen LogP contribution in [0.5, 0.6) is 0 Å². The van der Waals surface area contributed by atoms with Gasteiger partial charge in [-0.1, -0.05) is 6.58 Å². The van der Waals surface area contributed by atoms with E-state index >= 15 is 0 Å². The Morgan fingerprint density at radius 1 is 1.59 bits per heavy atom. The molecule has 1 saturated heterocycles. The number of aromatic nitrogens is 1. The molecule has 22 heavy (non-hydrogen) atoms. The summed E-state index contributed by atoms with van der Waals surface area (Å²) in [6.07, 6.45) is 1.78. The number of carbonyl (C=O) groups excluding carboxylic acids is 2. The van der Waals surface area contributed by atoms with Crippen LogP contribution >= 0.6 is 11.3 Å². The molecule has 1 fully saturated rings. The third-order valence-electron chi connectivity index (χ3n) is 3.44. The van der Waals surface area contributed by atoms with Crippen molar-refractivity contribution in [2.24, 2.45) is 10.8 Å². The Morgan fingerprint density at radius 2 is 2.32 bits per heavy atom. The fourth-order valence-electron chi connectivity index (χ4n) is 2.36. The highest BCUT2D eigenvalue weighted by Crippen LogP contribution is 2.34. The highest BCUT2D eigenvalue weighted by atomic mass is 32.1. The number of hydrazine groups is 1. The van der Waals surface area contributed by atoms with Crippen molar-refractivity contribution in [3.8, 4) is 0 Å². The first kappa shape index (κ1) is 16.3. The van der Waals surface area contributed by atoms with Crippen LogP contribution in [-0.2, 0) is 9.59 Å². The van der Waals surface area contributed by atoms with Crippen LogP contribution in [0.1, 0.15) is 36.5 Å². The summed E-state index contributed by atoms with van der Waals surface area (Å²) in [5.74, 6) is 4.22. The third kappa shape index (κ3) is 3.40. The Kier molecular flexibility index (Phi) is 5.04. The summed E-state index contributed by atoms with van der Waals surface area (Å²) >= 11 is 1.55. The van der Waals surface area contributed by atoms with Gasteiger partial charge in [-0.15, -0.1) is 11.3 Å². The fraction of sp³-hybridized carbons (Fsp3) is 0.429. The van der Waals surface area contributed by atoms with Gasteiger partial charge >= 0.3 is 0 Å². The van der Waals surface area contributed by atoms with Gasteiger partial charge in [0.05, 0.1) is 6.04 Å². The quantitative estimate of drug-likeness (QED) is 0.285. The summed E-state index contributed by atoms with van der Waals surface area (Å²) in [7, 11) is 0. The number of thiazole rings is 1. The molecule has 1 aromatic heterocycles. The Morgan fingerprint density at radius 3 is 2.91 bits per heavy atom. The molecule has 0 saturated carbocycles. The Bertz CT molecular complexity index is 637. The second kappa shape index (κ2) is 6.80. The van der Waals surface area contributed by atoms with Gasteiger partial charge < -0.3 is 4.90 Å². The zero-order valence-electron chi connectivity index (χ0n) is 12.6. The number of amides is 2. The van der Waals surface area contributed by atoms with Crippen LogP contribution in [0.4, 0.5) is 0 Å². The number of aryl methyl sites for hydroxylation is 1. The highest BCUT2D eigenvalue weighted by molar-refractivity contribution is 7.09. The van der Waals surface area contributed by atoms with Gasteiger partial charge in [0.1, 0.15) is 16.4 Å². The molecule has 1 aliphatic rings. The summed E-state index contributed by atoms with van der Waals surface area (Å²) in [6.45, 7) is 7.72. The molecule has 7 nitrogen and oxygen atoms in total. The monoisotopic (exact) mass is 321 g/mol. The van der Waals surface area contributed by atoms with Crippen LogP contribution in [0.3, 0.4) is 0 Å². The van der Waals surface area contributed by atoms with Crippen LogP contribution in [0.15, 0.2) is 22.6 Å². The van der Waals surface area contributed by atoms with E-state index in [4.69, 9.17) is 5.84 Å². The van der Waals surface area contributed by atoms with Crippen molar-refractivity contribution < 1.29 is 9.59 Å². The molecular weight excluding hydrogens is 302 g/mol. The molecule has 118 valence electrons. The maximum absolute atomic E-state index is 12.5. The van der Waals surface area contributed by atoms with Crippen molar-refractivity contribution in [2.75, 3.05) is 6.54 Å². The van der Waals surface area contributed by atoms with E-state index in [1.807, 2.05) is 17.7 Å². The number of nitrogens with two attached hydrogens (primary N) is 1. The van der Waals surface area contributed by atoms with Crippen molar-refractivity contribution in [1.82, 2.24) is 15.3 Å². The Balaban J connectivity index is 2.14. The maximum Gasteiger partial charge on any atom is 0.279 e. The number of carbonyl (C=O) groups is 2. The van der Waals surface area contributed by atoms with E-state index in [-0.39, 0.29) is 23.4 Å². The number of nitrogens with zero attached hydrogens (tertiary/aromatic N) is 3. The van der Waals surface area contributed by atoms with Crippen molar-refractivity contribution in [3.05, 3.63) is 28.4 Å². The number of aliphatic imine (C=N–C) groups is 1. The standard InChI is InChI=1S/C14H19N5O2S/c1-8-7-22-13(16-8)11-5-4-6-19(11)14(21)10(3)17-9(2)12(20)18-15/h7,11H,3-6,15H2,1-2H3,(H,18,20)/b17-9+/t11-/m1/s1. The van der Waals surface area contributed by atoms with E-state index in [9.17, 15) is 9.59 Å². The first-order valence-corrected chi connectivity index (χ1v) is 7.80. The van der Waals surface area contributed by atoms with Crippen LogP contribution in [0, 0.1) is 6.92 Å². The largest absolute Gasteiger partial charge is 0.328 e. The van der Waals surface area contributed by atoms with Crippen molar-refractivity contribution in [1.29, 1.82) is 0 Å². The number of rotatable bonds is 4. The first-order valence-electron chi connectivity index (χ1n) is 6.92. The lowest BCUT2D eigenvalue weighted by Gasteiger charge is -2.23. The number of likely N-dealkylation sites (tertiary alicyclic amines) is 1. The lowest BCUT2D eigenvalue weighted by atomic mass is 10.2. The number of hydrogen-bond donors (Lipinski definition) is 2. The molecule has 2 rings (SSSR count). The van der Waals surface area contributed by atoms with Gasteiger partial charge in [0.2, 0.25) is 0 Å². The van der Waals surface area contributed by atoms with Gasteiger partial charge in [0.25, 0.3) is 11.8 Å². The summed E-state index contributed by atoms with van der Waals surface area (Å²) in [6, 6.07) is -0.0400. The molecule has 1 aromatic rings. The predicted molar refractivity (Wildman–Crippen MR) is 85.1 cm³/mol. The molecule has 0 aromatic carbocycles. The minimum Gasteiger partial charge on any atom is -0.328 e. The third-order valence-corrected chi connectivity index (χ3v) is 4.51. The summed E-state index contributed by atoms with van der Waals surface area (Å²) < 4.78 is 0. The van der Waals surface area contributed by atoms with Gasteiger partial charge in [-0.2, -0.15) is 0 Å². The molecule has 2 heterocycles. The molecule has 1 aliphatic heterocycles. The molecule has 0 radical (unpaired) electrons. The zero-order valence-corrected chi connectivity index (χ0v) is 13.4. The van der Waals surface area contributed by atoms with Gasteiger partial charge in [0, 0.05) is 17.6 Å². The minimum absolute atomic E-state index is 0.0290. The van der Waals surface area contributed by atoms with E-state index in [1.54, 1.807) is 16.2 Å². The van der Waals surface area contributed by atoms with Crippen LogP contribution in [-0.4, -0.2) is 34.0 Å². The summed E-state index contributed by atoms with van der Waals surface area (Å²) in [5, 5.41) is 2.90. The molecule has 3 N–H and O–H groups in total. The summed E-state index contributed by atoms with van der Waals surface area (Å²) in [4.78, 5) is 34.0. The van der Waals surface area contributed by atoms with Gasteiger partial charge in [-0.3, -0.25) is 15.0 Å². The van der Waals surface area contributed by atoms with Crippen molar-refractivity contribution in [2.45, 2.75) is 32.7 Å². The zero-order chi connectivity index (χ0) is 16.3. The Labute approximate surface area is 132 Å². The molecule has 0 spiro atoms. The van der Waals surface area contributed by atoms with E-state index in [0.717, 1.165) is 23.5 Å². The van der Waals surface area contributed by atoms with Gasteiger partial charge in [-0.05, 0) is 26.7 Å². The molecule has 0 aliphatic carbocycles. The van der Waals surface area contributed by atoms with Crippen LogP contribution in [0.2, 0.25) is 0 Å². The summed E-state index contributed by atoms with van der Waals surface area (Å²) in [5.41, 5.74) is 3.05. The van der Waals surface area contributed by atoms with Gasteiger partial charge in [0.15, 0.2) is 0 Å². The molecule has 0 bridgehead atoms.